The van der Waals surface area contributed by atoms with Crippen molar-refractivity contribution in [3.8, 4) is 0 Å². The first-order valence-corrected chi connectivity index (χ1v) is 10.4. The Hall–Kier alpha value is -2.72. The lowest BCUT2D eigenvalue weighted by Crippen LogP contribution is -2.36. The summed E-state index contributed by atoms with van der Waals surface area (Å²) in [5.74, 6) is 3.44. The lowest BCUT2D eigenvalue weighted by molar-refractivity contribution is 0.122. The fourth-order valence-corrected chi connectivity index (χ4v) is 3.50. The normalized spacial score (nSPS) is 16.7. The van der Waals surface area contributed by atoms with Gasteiger partial charge in [-0.25, -0.2) is 9.97 Å². The van der Waals surface area contributed by atoms with E-state index in [1.807, 2.05) is 18.2 Å². The molecule has 0 atom stereocenters. The van der Waals surface area contributed by atoms with Crippen molar-refractivity contribution >= 4 is 45.0 Å². The molecule has 3 aromatic heterocycles. The number of morpholine rings is 1. The molecule has 3 aromatic rings. The molecular weight excluding hydrogens is 436 g/mol. The fraction of sp³-hybridized carbons (Fsp3) is 0.368. The number of nitrogens with one attached hydrogen (secondary N) is 3. The summed E-state index contributed by atoms with van der Waals surface area (Å²) in [6.07, 6.45) is 5.96. The van der Waals surface area contributed by atoms with Gasteiger partial charge in [0.1, 0.15) is 5.82 Å². The van der Waals surface area contributed by atoms with Crippen LogP contribution < -0.4 is 15.5 Å². The van der Waals surface area contributed by atoms with Crippen molar-refractivity contribution in [1.82, 2.24) is 25.1 Å². The van der Waals surface area contributed by atoms with Crippen LogP contribution in [-0.2, 0) is 4.74 Å². The summed E-state index contributed by atoms with van der Waals surface area (Å²) in [4.78, 5) is 15.7. The Morgan fingerprint density at radius 3 is 2.72 bits per heavy atom. The molecule has 2 fully saturated rings. The Morgan fingerprint density at radius 1 is 1.10 bits per heavy atom. The minimum atomic E-state index is 0.481. The average Bonchev–Trinajstić information content (AvgIpc) is 3.51. The van der Waals surface area contributed by atoms with Gasteiger partial charge < -0.3 is 20.3 Å². The van der Waals surface area contributed by atoms with E-state index >= 15 is 0 Å². The maximum Gasteiger partial charge on any atom is 0.229 e. The first-order valence-electron chi connectivity index (χ1n) is 9.65. The average molecular weight is 457 g/mol. The Kier molecular flexibility index (Phi) is 5.03. The molecule has 150 valence electrons. The molecule has 5 rings (SSSR count). The Labute approximate surface area is 176 Å². The first-order chi connectivity index (χ1) is 14.2. The maximum absolute atomic E-state index is 5.39. The van der Waals surface area contributed by atoms with Crippen LogP contribution >= 0.6 is 15.9 Å². The van der Waals surface area contributed by atoms with E-state index in [-0.39, 0.29) is 0 Å². The highest BCUT2D eigenvalue weighted by atomic mass is 79.9. The predicted octanol–water partition coefficient (Wildman–Crippen LogP) is 3.56. The van der Waals surface area contributed by atoms with Crippen LogP contribution in [0.25, 0.3) is 0 Å². The number of aromatic nitrogens is 5. The third-order valence-electron chi connectivity index (χ3n) is 4.94. The highest BCUT2D eigenvalue weighted by Gasteiger charge is 2.25. The molecule has 1 aliphatic carbocycles. The Morgan fingerprint density at radius 2 is 1.97 bits per heavy atom. The van der Waals surface area contributed by atoms with E-state index in [0.717, 1.165) is 48.1 Å². The molecule has 0 bridgehead atoms. The third kappa shape index (κ3) is 4.33. The van der Waals surface area contributed by atoms with E-state index in [4.69, 9.17) is 4.74 Å². The highest BCUT2D eigenvalue weighted by molar-refractivity contribution is 9.10. The zero-order valence-electron chi connectivity index (χ0n) is 15.7. The molecule has 2 aliphatic rings. The van der Waals surface area contributed by atoms with Crippen LogP contribution in [0.4, 0.5) is 29.1 Å². The molecule has 9 nitrogen and oxygen atoms in total. The Balaban J connectivity index is 1.27. The molecule has 0 unspecified atom stereocenters. The molecule has 0 radical (unpaired) electrons. The largest absolute Gasteiger partial charge is 0.378 e. The molecule has 0 amide bonds. The molecule has 1 saturated heterocycles. The van der Waals surface area contributed by atoms with Gasteiger partial charge in [-0.05, 0) is 40.9 Å². The van der Waals surface area contributed by atoms with Crippen molar-refractivity contribution in [2.24, 2.45) is 0 Å². The van der Waals surface area contributed by atoms with Gasteiger partial charge in [0.2, 0.25) is 5.95 Å². The van der Waals surface area contributed by atoms with Crippen molar-refractivity contribution in [2.45, 2.75) is 18.8 Å². The number of halogens is 1. The number of anilines is 5. The molecule has 0 aromatic carbocycles. The van der Waals surface area contributed by atoms with E-state index in [1.165, 1.54) is 18.5 Å². The van der Waals surface area contributed by atoms with Gasteiger partial charge in [0.25, 0.3) is 0 Å². The third-order valence-corrected chi connectivity index (χ3v) is 5.52. The summed E-state index contributed by atoms with van der Waals surface area (Å²) in [7, 11) is 0. The first kappa shape index (κ1) is 18.3. The molecule has 1 saturated carbocycles. The number of H-pyrrole nitrogens is 1. The van der Waals surface area contributed by atoms with E-state index in [9.17, 15) is 0 Å². The molecular formula is C19H21BrN8O. The van der Waals surface area contributed by atoms with Crippen LogP contribution in [0.2, 0.25) is 0 Å². The summed E-state index contributed by atoms with van der Waals surface area (Å²) in [5.41, 5.74) is 1.99. The zero-order chi connectivity index (χ0) is 19.6. The minimum absolute atomic E-state index is 0.481. The standard InChI is InChI=1S/C19H21BrN8O/c20-14-11-22-19(25-18(14)24-16-9-15(26-27-16)12-1-2-12)23-13-3-4-17(21-10-13)28-5-7-29-8-6-28/h3-4,9-12H,1-2,5-8H2,(H3,22,23,24,25,26,27). The van der Waals surface area contributed by atoms with Gasteiger partial charge in [0.05, 0.1) is 29.6 Å². The number of ether oxygens (including phenoxy) is 1. The minimum Gasteiger partial charge on any atom is -0.378 e. The van der Waals surface area contributed by atoms with E-state index < -0.39 is 0 Å². The van der Waals surface area contributed by atoms with Gasteiger partial charge in [0, 0.05) is 37.0 Å². The van der Waals surface area contributed by atoms with Crippen molar-refractivity contribution in [2.75, 3.05) is 41.8 Å². The second-order valence-electron chi connectivity index (χ2n) is 7.13. The Bertz CT molecular complexity index is 982. The molecule has 0 spiro atoms. The maximum atomic E-state index is 5.39. The topological polar surface area (TPSA) is 104 Å². The number of aromatic amines is 1. The van der Waals surface area contributed by atoms with Crippen molar-refractivity contribution in [3.63, 3.8) is 0 Å². The second-order valence-corrected chi connectivity index (χ2v) is 7.98. The molecule has 3 N–H and O–H groups in total. The predicted molar refractivity (Wildman–Crippen MR) is 114 cm³/mol. The summed E-state index contributed by atoms with van der Waals surface area (Å²) in [6.45, 7) is 3.20. The van der Waals surface area contributed by atoms with E-state index in [0.29, 0.717) is 17.7 Å². The van der Waals surface area contributed by atoms with Gasteiger partial charge in [-0.1, -0.05) is 0 Å². The number of rotatable bonds is 6. The summed E-state index contributed by atoms with van der Waals surface area (Å²) >= 11 is 3.49. The molecule has 4 heterocycles. The quantitative estimate of drug-likeness (QED) is 0.517. The lowest BCUT2D eigenvalue weighted by atomic mass is 10.3. The number of pyridine rings is 1. The van der Waals surface area contributed by atoms with Crippen molar-refractivity contribution in [1.29, 1.82) is 0 Å². The lowest BCUT2D eigenvalue weighted by Gasteiger charge is -2.27. The zero-order valence-corrected chi connectivity index (χ0v) is 17.3. The van der Waals surface area contributed by atoms with E-state index in [2.05, 4.69) is 56.6 Å². The number of nitrogens with zero attached hydrogens (tertiary/aromatic N) is 5. The van der Waals surface area contributed by atoms with Gasteiger partial charge in [0.15, 0.2) is 11.6 Å². The van der Waals surface area contributed by atoms with Crippen LogP contribution in [0, 0.1) is 0 Å². The van der Waals surface area contributed by atoms with Crippen LogP contribution in [-0.4, -0.2) is 51.5 Å². The van der Waals surface area contributed by atoms with Crippen molar-refractivity contribution in [3.05, 3.63) is 40.8 Å². The van der Waals surface area contributed by atoms with Gasteiger partial charge in [-0.15, -0.1) is 0 Å². The molecule has 1 aliphatic heterocycles. The van der Waals surface area contributed by atoms with Crippen LogP contribution in [0.15, 0.2) is 35.1 Å². The summed E-state index contributed by atoms with van der Waals surface area (Å²) in [5, 5.41) is 13.9. The number of hydrogen-bond acceptors (Lipinski definition) is 8. The number of hydrogen-bond donors (Lipinski definition) is 3. The van der Waals surface area contributed by atoms with Gasteiger partial charge >= 0.3 is 0 Å². The summed E-state index contributed by atoms with van der Waals surface area (Å²) < 4.78 is 6.15. The monoisotopic (exact) mass is 456 g/mol. The summed E-state index contributed by atoms with van der Waals surface area (Å²) in [6, 6.07) is 6.01. The second kappa shape index (κ2) is 7.96. The molecule has 29 heavy (non-hydrogen) atoms. The highest BCUT2D eigenvalue weighted by Crippen LogP contribution is 2.39. The van der Waals surface area contributed by atoms with Crippen LogP contribution in [0.5, 0.6) is 0 Å². The van der Waals surface area contributed by atoms with E-state index in [1.54, 1.807) is 12.4 Å². The van der Waals surface area contributed by atoms with Gasteiger partial charge in [-0.3, -0.25) is 5.10 Å². The fourth-order valence-electron chi connectivity index (χ4n) is 3.21. The van der Waals surface area contributed by atoms with Gasteiger partial charge in [-0.2, -0.15) is 10.1 Å². The van der Waals surface area contributed by atoms with Crippen molar-refractivity contribution < 1.29 is 4.74 Å². The van der Waals surface area contributed by atoms with Crippen LogP contribution in [0.3, 0.4) is 0 Å². The molecule has 10 heteroatoms. The SMILES string of the molecule is Brc1cnc(Nc2ccc(N3CCOCC3)nc2)nc1Nc1cc(C2CC2)[nH]n1. The smallest absolute Gasteiger partial charge is 0.229 e. The van der Waals surface area contributed by atoms with Crippen LogP contribution in [0.1, 0.15) is 24.5 Å².